The summed E-state index contributed by atoms with van der Waals surface area (Å²) in [6, 6.07) is 1.49. The molecule has 0 unspecified atom stereocenters. The van der Waals surface area contributed by atoms with Gasteiger partial charge in [-0.05, 0) is 22.0 Å². The fourth-order valence-electron chi connectivity index (χ4n) is 0.871. The van der Waals surface area contributed by atoms with Crippen LogP contribution in [0, 0.1) is 0 Å². The first kappa shape index (κ1) is 10.9. The van der Waals surface area contributed by atoms with E-state index in [0.717, 1.165) is 5.06 Å². The van der Waals surface area contributed by atoms with Gasteiger partial charge in [0, 0.05) is 17.7 Å². The molecule has 0 aromatic carbocycles. The Kier molecular flexibility index (Phi) is 3.43. The molecule has 0 saturated carbocycles. The number of amides is 1. The number of pyridine rings is 1. The number of rotatable bonds is 2. The first-order valence-electron chi connectivity index (χ1n) is 3.79. The van der Waals surface area contributed by atoms with E-state index in [9.17, 15) is 4.79 Å². The number of nitrogens with zero attached hydrogens (tertiary/aromatic N) is 2. The summed E-state index contributed by atoms with van der Waals surface area (Å²) in [7, 11) is 2.93. The second kappa shape index (κ2) is 4.39. The summed E-state index contributed by atoms with van der Waals surface area (Å²) in [6.45, 7) is 0. The van der Waals surface area contributed by atoms with Gasteiger partial charge < -0.3 is 5.73 Å². The first-order valence-corrected chi connectivity index (χ1v) is 4.58. The number of hydroxylamine groups is 2. The highest BCUT2D eigenvalue weighted by Crippen LogP contribution is 2.18. The second-order valence-electron chi connectivity index (χ2n) is 2.57. The zero-order chi connectivity index (χ0) is 10.7. The Morgan fingerprint density at radius 3 is 2.93 bits per heavy atom. The Morgan fingerprint density at radius 2 is 2.36 bits per heavy atom. The summed E-state index contributed by atoms with van der Waals surface area (Å²) >= 11 is 3.21. The maximum absolute atomic E-state index is 11.6. The lowest BCUT2D eigenvalue weighted by atomic mass is 10.2. The van der Waals surface area contributed by atoms with Crippen LogP contribution in [0.2, 0.25) is 0 Å². The lowest BCUT2D eigenvalue weighted by molar-refractivity contribution is -0.0757. The molecule has 0 aliphatic heterocycles. The maximum atomic E-state index is 11.6. The Balaban J connectivity index is 3.06. The third-order valence-corrected chi connectivity index (χ3v) is 2.30. The molecule has 0 saturated heterocycles. The number of anilines is 1. The number of halogens is 1. The van der Waals surface area contributed by atoms with Crippen molar-refractivity contribution in [3.05, 3.63) is 22.3 Å². The van der Waals surface area contributed by atoms with Crippen molar-refractivity contribution in [2.75, 3.05) is 19.9 Å². The lowest BCUT2D eigenvalue weighted by Crippen LogP contribution is -2.25. The number of hydrogen-bond donors (Lipinski definition) is 1. The van der Waals surface area contributed by atoms with E-state index < -0.39 is 0 Å². The van der Waals surface area contributed by atoms with Crippen molar-refractivity contribution in [2.24, 2.45) is 0 Å². The summed E-state index contributed by atoms with van der Waals surface area (Å²) in [5.41, 5.74) is 5.88. The van der Waals surface area contributed by atoms with Crippen molar-refractivity contribution in [2.45, 2.75) is 0 Å². The van der Waals surface area contributed by atoms with Crippen LogP contribution in [0.3, 0.4) is 0 Å². The van der Waals surface area contributed by atoms with Crippen LogP contribution in [-0.4, -0.2) is 30.1 Å². The van der Waals surface area contributed by atoms with Crippen LogP contribution in [0.4, 0.5) is 5.82 Å². The predicted octanol–water partition coefficient (Wildman–Crippen LogP) is 1.06. The van der Waals surface area contributed by atoms with E-state index in [1.807, 2.05) is 0 Å². The molecule has 0 bridgehead atoms. The average molecular weight is 260 g/mol. The molecule has 1 amide bonds. The monoisotopic (exact) mass is 259 g/mol. The van der Waals surface area contributed by atoms with E-state index in [1.165, 1.54) is 26.4 Å². The van der Waals surface area contributed by atoms with Gasteiger partial charge in [-0.3, -0.25) is 9.63 Å². The molecule has 0 aliphatic carbocycles. The Bertz CT molecular complexity index is 356. The average Bonchev–Trinajstić information content (AvgIpc) is 2.19. The molecule has 0 radical (unpaired) electrons. The van der Waals surface area contributed by atoms with Crippen LogP contribution >= 0.6 is 15.9 Å². The first-order chi connectivity index (χ1) is 6.56. The van der Waals surface area contributed by atoms with Gasteiger partial charge in [-0.1, -0.05) is 0 Å². The molecule has 0 atom stereocenters. The molecule has 0 aliphatic rings. The smallest absolute Gasteiger partial charge is 0.278 e. The van der Waals surface area contributed by atoms with Gasteiger partial charge in [-0.2, -0.15) is 0 Å². The van der Waals surface area contributed by atoms with Gasteiger partial charge in [-0.15, -0.1) is 0 Å². The molecular formula is C8H10BrN3O2. The molecule has 1 rings (SSSR count). The van der Waals surface area contributed by atoms with Crippen LogP contribution in [0.5, 0.6) is 0 Å². The summed E-state index contributed by atoms with van der Waals surface area (Å²) in [6.07, 6.45) is 1.48. The zero-order valence-corrected chi connectivity index (χ0v) is 9.41. The summed E-state index contributed by atoms with van der Waals surface area (Å²) < 4.78 is 0.584. The van der Waals surface area contributed by atoms with Crippen molar-refractivity contribution in [1.29, 1.82) is 0 Å². The minimum Gasteiger partial charge on any atom is -0.384 e. The number of carbonyl (C=O) groups is 1. The molecule has 6 heteroatoms. The molecular weight excluding hydrogens is 250 g/mol. The summed E-state index contributed by atoms with van der Waals surface area (Å²) in [4.78, 5) is 20.2. The summed E-state index contributed by atoms with van der Waals surface area (Å²) in [5, 5.41) is 1.11. The minimum absolute atomic E-state index is 0.284. The fraction of sp³-hybridized carbons (Fsp3) is 0.250. The number of carbonyl (C=O) groups excluding carboxylic acids is 1. The number of aromatic nitrogens is 1. The molecule has 1 aromatic rings. The standard InChI is InChI=1S/C8H10BrN3O2/c1-12(14-2)8(13)5-3-7(10)11-4-6(5)9/h3-4H,1-2H3,(H2,10,11). The molecule has 14 heavy (non-hydrogen) atoms. The van der Waals surface area contributed by atoms with Gasteiger partial charge >= 0.3 is 0 Å². The quantitative estimate of drug-likeness (QED) is 0.807. The van der Waals surface area contributed by atoms with E-state index in [1.54, 1.807) is 0 Å². The fourth-order valence-corrected chi connectivity index (χ4v) is 1.26. The molecule has 1 heterocycles. The Labute approximate surface area is 89.9 Å². The molecule has 0 spiro atoms. The molecule has 0 fully saturated rings. The van der Waals surface area contributed by atoms with Gasteiger partial charge in [0.15, 0.2) is 0 Å². The van der Waals surface area contributed by atoms with Gasteiger partial charge in [0.25, 0.3) is 5.91 Å². The van der Waals surface area contributed by atoms with Crippen molar-refractivity contribution in [1.82, 2.24) is 10.0 Å². The van der Waals surface area contributed by atoms with Crippen molar-refractivity contribution < 1.29 is 9.63 Å². The van der Waals surface area contributed by atoms with E-state index >= 15 is 0 Å². The second-order valence-corrected chi connectivity index (χ2v) is 3.43. The van der Waals surface area contributed by atoms with Gasteiger partial charge in [0.1, 0.15) is 5.82 Å². The minimum atomic E-state index is -0.284. The SMILES string of the molecule is CON(C)C(=O)c1cc(N)ncc1Br. The van der Waals surface area contributed by atoms with Crippen LogP contribution in [0.15, 0.2) is 16.7 Å². The van der Waals surface area contributed by atoms with E-state index in [2.05, 4.69) is 20.9 Å². The Hall–Kier alpha value is -1.14. The number of nitrogen functional groups attached to an aromatic ring is 1. The van der Waals surface area contributed by atoms with Crippen molar-refractivity contribution >= 4 is 27.7 Å². The molecule has 2 N–H and O–H groups in total. The van der Waals surface area contributed by atoms with Crippen molar-refractivity contribution in [3.63, 3.8) is 0 Å². The van der Waals surface area contributed by atoms with Crippen LogP contribution in [0.1, 0.15) is 10.4 Å². The number of hydrogen-bond acceptors (Lipinski definition) is 4. The van der Waals surface area contributed by atoms with Gasteiger partial charge in [0.2, 0.25) is 0 Å². The molecule has 76 valence electrons. The van der Waals surface area contributed by atoms with E-state index in [4.69, 9.17) is 10.6 Å². The third-order valence-electron chi connectivity index (χ3n) is 1.67. The summed E-state index contributed by atoms with van der Waals surface area (Å²) in [5.74, 6) is 0.00882. The largest absolute Gasteiger partial charge is 0.384 e. The topological polar surface area (TPSA) is 68.5 Å². The Morgan fingerprint density at radius 1 is 1.71 bits per heavy atom. The third kappa shape index (κ3) is 2.21. The van der Waals surface area contributed by atoms with Gasteiger partial charge in [0.05, 0.1) is 12.7 Å². The zero-order valence-electron chi connectivity index (χ0n) is 7.82. The van der Waals surface area contributed by atoms with E-state index in [0.29, 0.717) is 15.9 Å². The van der Waals surface area contributed by atoms with Crippen molar-refractivity contribution in [3.8, 4) is 0 Å². The van der Waals surface area contributed by atoms with Crippen LogP contribution < -0.4 is 5.73 Å². The maximum Gasteiger partial charge on any atom is 0.278 e. The highest BCUT2D eigenvalue weighted by Gasteiger charge is 2.15. The lowest BCUT2D eigenvalue weighted by Gasteiger charge is -2.14. The highest BCUT2D eigenvalue weighted by molar-refractivity contribution is 9.10. The van der Waals surface area contributed by atoms with E-state index in [-0.39, 0.29) is 5.91 Å². The molecule has 5 nitrogen and oxygen atoms in total. The normalized spacial score (nSPS) is 9.93. The predicted molar refractivity (Wildman–Crippen MR) is 55.5 cm³/mol. The van der Waals surface area contributed by atoms with Crippen LogP contribution in [-0.2, 0) is 4.84 Å². The number of nitrogens with two attached hydrogens (primary N) is 1. The van der Waals surface area contributed by atoms with Crippen LogP contribution in [0.25, 0.3) is 0 Å². The highest BCUT2D eigenvalue weighted by atomic mass is 79.9. The van der Waals surface area contributed by atoms with Gasteiger partial charge in [-0.25, -0.2) is 10.0 Å². The molecule has 1 aromatic heterocycles.